The number of carbonyl (C=O) groups is 2. The number of carbonyl (C=O) groups excluding carboxylic acids is 2. The Labute approximate surface area is 114 Å². The third kappa shape index (κ3) is 2.44. The molecule has 1 aromatic carbocycles. The predicted octanol–water partition coefficient (Wildman–Crippen LogP) is 1.66. The summed E-state index contributed by atoms with van der Waals surface area (Å²) in [5.74, 6) is 0.121. The molecule has 6 heteroatoms. The maximum absolute atomic E-state index is 12.0. The Hall–Kier alpha value is -2.89. The summed E-state index contributed by atoms with van der Waals surface area (Å²) in [4.78, 5) is 27.0. The number of hydrogen-bond donors (Lipinski definition) is 2. The molecule has 1 aliphatic rings. The number of hydrogen-bond acceptors (Lipinski definition) is 4. The van der Waals surface area contributed by atoms with Crippen LogP contribution in [0.5, 0.6) is 5.75 Å². The van der Waals surface area contributed by atoms with Crippen molar-refractivity contribution in [3.8, 4) is 5.75 Å². The number of benzene rings is 1. The molecule has 20 heavy (non-hydrogen) atoms. The second-order valence-corrected chi connectivity index (χ2v) is 4.24. The highest BCUT2D eigenvalue weighted by molar-refractivity contribution is 6.04. The zero-order chi connectivity index (χ0) is 13.9. The molecule has 2 amide bonds. The molecule has 0 spiro atoms. The number of amides is 2. The van der Waals surface area contributed by atoms with Gasteiger partial charge >= 0.3 is 0 Å². The van der Waals surface area contributed by atoms with Gasteiger partial charge in [-0.15, -0.1) is 0 Å². The predicted molar refractivity (Wildman–Crippen MR) is 72.8 cm³/mol. The topological polar surface area (TPSA) is 80.3 Å². The van der Waals surface area contributed by atoms with Crippen LogP contribution in [0.4, 0.5) is 11.4 Å². The minimum Gasteiger partial charge on any atom is -0.482 e. The summed E-state index contributed by atoms with van der Waals surface area (Å²) in [6, 6.07) is 8.32. The summed E-state index contributed by atoms with van der Waals surface area (Å²) in [7, 11) is 0. The summed E-state index contributed by atoms with van der Waals surface area (Å²) >= 11 is 0. The molecular formula is C14H11N3O3. The molecule has 1 aliphatic heterocycles. The average Bonchev–Trinajstić information content (AvgIpc) is 2.48. The van der Waals surface area contributed by atoms with Crippen molar-refractivity contribution in [3.05, 3.63) is 48.3 Å². The van der Waals surface area contributed by atoms with Crippen LogP contribution < -0.4 is 15.4 Å². The third-order valence-corrected chi connectivity index (χ3v) is 2.81. The van der Waals surface area contributed by atoms with E-state index in [4.69, 9.17) is 4.74 Å². The monoisotopic (exact) mass is 269 g/mol. The Morgan fingerprint density at radius 2 is 2.05 bits per heavy atom. The van der Waals surface area contributed by atoms with E-state index < -0.39 is 0 Å². The van der Waals surface area contributed by atoms with Crippen LogP contribution >= 0.6 is 0 Å². The van der Waals surface area contributed by atoms with Gasteiger partial charge in [0.2, 0.25) is 0 Å². The second-order valence-electron chi connectivity index (χ2n) is 4.24. The maximum atomic E-state index is 12.0. The number of pyridine rings is 1. The molecule has 3 rings (SSSR count). The Bertz CT molecular complexity index is 671. The van der Waals surface area contributed by atoms with Crippen molar-refractivity contribution in [1.29, 1.82) is 0 Å². The SMILES string of the molecule is O=C1COc2cc(NC(=O)c3ccncc3)ccc2N1. The zero-order valence-corrected chi connectivity index (χ0v) is 10.4. The molecule has 100 valence electrons. The van der Waals surface area contributed by atoms with Gasteiger partial charge in [-0.05, 0) is 24.3 Å². The largest absolute Gasteiger partial charge is 0.482 e. The molecule has 0 radical (unpaired) electrons. The van der Waals surface area contributed by atoms with E-state index in [1.54, 1.807) is 42.7 Å². The van der Waals surface area contributed by atoms with Gasteiger partial charge in [0, 0.05) is 29.7 Å². The Morgan fingerprint density at radius 3 is 2.85 bits per heavy atom. The van der Waals surface area contributed by atoms with Gasteiger partial charge in [-0.1, -0.05) is 0 Å². The maximum Gasteiger partial charge on any atom is 0.262 e. The van der Waals surface area contributed by atoms with Crippen LogP contribution in [0.2, 0.25) is 0 Å². The van der Waals surface area contributed by atoms with Crippen LogP contribution in [0.25, 0.3) is 0 Å². The lowest BCUT2D eigenvalue weighted by atomic mass is 10.2. The fourth-order valence-corrected chi connectivity index (χ4v) is 1.86. The number of aromatic nitrogens is 1. The van der Waals surface area contributed by atoms with Gasteiger partial charge in [-0.3, -0.25) is 14.6 Å². The van der Waals surface area contributed by atoms with E-state index in [-0.39, 0.29) is 18.4 Å². The van der Waals surface area contributed by atoms with Crippen molar-refractivity contribution in [2.24, 2.45) is 0 Å². The number of rotatable bonds is 2. The molecule has 0 unspecified atom stereocenters. The molecule has 0 bridgehead atoms. The zero-order valence-electron chi connectivity index (χ0n) is 10.4. The molecule has 0 saturated carbocycles. The van der Waals surface area contributed by atoms with E-state index in [9.17, 15) is 9.59 Å². The highest BCUT2D eigenvalue weighted by Crippen LogP contribution is 2.30. The van der Waals surface area contributed by atoms with E-state index >= 15 is 0 Å². The molecule has 2 heterocycles. The van der Waals surface area contributed by atoms with Crippen molar-refractivity contribution in [2.75, 3.05) is 17.2 Å². The van der Waals surface area contributed by atoms with Crippen molar-refractivity contribution >= 4 is 23.2 Å². The third-order valence-electron chi connectivity index (χ3n) is 2.81. The number of nitrogens with one attached hydrogen (secondary N) is 2. The number of nitrogens with zero attached hydrogens (tertiary/aromatic N) is 1. The Morgan fingerprint density at radius 1 is 1.25 bits per heavy atom. The van der Waals surface area contributed by atoms with Crippen molar-refractivity contribution in [2.45, 2.75) is 0 Å². The molecule has 0 fully saturated rings. The van der Waals surface area contributed by atoms with Crippen LogP contribution in [-0.2, 0) is 4.79 Å². The molecule has 0 aliphatic carbocycles. The van der Waals surface area contributed by atoms with Crippen LogP contribution in [0, 0.1) is 0 Å². The summed E-state index contributed by atoms with van der Waals surface area (Å²) < 4.78 is 5.29. The number of anilines is 2. The van der Waals surface area contributed by atoms with E-state index in [2.05, 4.69) is 15.6 Å². The second kappa shape index (κ2) is 5.00. The van der Waals surface area contributed by atoms with E-state index in [1.165, 1.54) is 0 Å². The Balaban J connectivity index is 1.79. The van der Waals surface area contributed by atoms with Gasteiger partial charge in [0.25, 0.3) is 11.8 Å². The van der Waals surface area contributed by atoms with Gasteiger partial charge < -0.3 is 15.4 Å². The van der Waals surface area contributed by atoms with E-state index in [1.807, 2.05) is 0 Å². The minimum absolute atomic E-state index is 0.0191. The van der Waals surface area contributed by atoms with Crippen LogP contribution in [0.15, 0.2) is 42.7 Å². The molecule has 2 aromatic rings. The van der Waals surface area contributed by atoms with Gasteiger partial charge in [0.15, 0.2) is 6.61 Å². The first-order chi connectivity index (χ1) is 9.72. The first-order valence-corrected chi connectivity index (χ1v) is 6.00. The van der Waals surface area contributed by atoms with Crippen LogP contribution in [0.1, 0.15) is 10.4 Å². The first-order valence-electron chi connectivity index (χ1n) is 6.00. The lowest BCUT2D eigenvalue weighted by molar-refractivity contribution is -0.118. The fourth-order valence-electron chi connectivity index (χ4n) is 1.86. The minimum atomic E-state index is -0.229. The average molecular weight is 269 g/mol. The molecular weight excluding hydrogens is 258 g/mol. The molecule has 0 atom stereocenters. The van der Waals surface area contributed by atoms with Crippen LogP contribution in [-0.4, -0.2) is 23.4 Å². The van der Waals surface area contributed by atoms with Gasteiger partial charge in [0.05, 0.1) is 5.69 Å². The van der Waals surface area contributed by atoms with Crippen LogP contribution in [0.3, 0.4) is 0 Å². The quantitative estimate of drug-likeness (QED) is 0.869. The summed E-state index contributed by atoms with van der Waals surface area (Å²) in [6.45, 7) is -0.0191. The lowest BCUT2D eigenvalue weighted by Crippen LogP contribution is -2.25. The number of ether oxygens (including phenoxy) is 1. The van der Waals surface area contributed by atoms with Crippen molar-refractivity contribution in [3.63, 3.8) is 0 Å². The van der Waals surface area contributed by atoms with Crippen molar-refractivity contribution < 1.29 is 14.3 Å². The molecule has 0 saturated heterocycles. The standard InChI is InChI=1S/C14H11N3O3/c18-13-8-20-12-7-10(1-2-11(12)17-13)16-14(19)9-3-5-15-6-4-9/h1-7H,8H2,(H,16,19)(H,17,18). The fraction of sp³-hybridized carbons (Fsp3) is 0.0714. The van der Waals surface area contributed by atoms with E-state index in [0.29, 0.717) is 22.7 Å². The molecule has 6 nitrogen and oxygen atoms in total. The highest BCUT2D eigenvalue weighted by atomic mass is 16.5. The first kappa shape index (κ1) is 12.2. The molecule has 1 aromatic heterocycles. The van der Waals surface area contributed by atoms with Gasteiger partial charge in [-0.25, -0.2) is 0 Å². The summed E-state index contributed by atoms with van der Waals surface area (Å²) in [5, 5.41) is 5.45. The van der Waals surface area contributed by atoms with Gasteiger partial charge in [0.1, 0.15) is 5.75 Å². The molecule has 2 N–H and O–H groups in total. The highest BCUT2D eigenvalue weighted by Gasteiger charge is 2.16. The van der Waals surface area contributed by atoms with Crippen molar-refractivity contribution in [1.82, 2.24) is 4.98 Å². The van der Waals surface area contributed by atoms with E-state index in [0.717, 1.165) is 0 Å². The summed E-state index contributed by atoms with van der Waals surface area (Å²) in [5.41, 5.74) is 1.72. The normalized spacial score (nSPS) is 12.9. The number of fused-ring (bicyclic) bond motifs is 1. The summed E-state index contributed by atoms with van der Waals surface area (Å²) in [6.07, 6.45) is 3.11. The lowest BCUT2D eigenvalue weighted by Gasteiger charge is -2.18. The smallest absolute Gasteiger partial charge is 0.262 e. The van der Waals surface area contributed by atoms with Gasteiger partial charge in [-0.2, -0.15) is 0 Å². The Kier molecular flexibility index (Phi) is 3.04.